The van der Waals surface area contributed by atoms with E-state index in [4.69, 9.17) is 71.1 Å². The Morgan fingerprint density at radius 2 is 0.886 bits per heavy atom. The maximum Gasteiger partial charge on any atom is 0.356 e. The first kappa shape index (κ1) is 74.3. The number of aliphatic carboxylic acids is 2. The number of nitrogens with zero attached hydrogens (tertiary/aromatic N) is 4. The van der Waals surface area contributed by atoms with Crippen molar-refractivity contribution in [1.29, 1.82) is 0 Å². The molecule has 4 heterocycles. The molecule has 18 nitrogen and oxygen atoms in total. The van der Waals surface area contributed by atoms with E-state index in [1.807, 2.05) is 39.8 Å². The van der Waals surface area contributed by atoms with Crippen LogP contribution in [0.15, 0.2) is 151 Å². The summed E-state index contributed by atoms with van der Waals surface area (Å²) in [6.45, 7) is 14.3. The monoisotopic (exact) mass is 1490 g/mol. The zero-order chi connectivity index (χ0) is 75.7. The van der Waals surface area contributed by atoms with Gasteiger partial charge in [-0.3, -0.25) is 37.7 Å². The van der Waals surface area contributed by atoms with Crippen LogP contribution < -0.4 is 34.3 Å². The summed E-state index contributed by atoms with van der Waals surface area (Å²) in [5.74, 6) is -7.32. The van der Waals surface area contributed by atoms with Crippen molar-refractivity contribution in [2.75, 3.05) is 28.4 Å². The Balaban J connectivity index is 0.000000334. The van der Waals surface area contributed by atoms with Crippen molar-refractivity contribution in [3.05, 3.63) is 255 Å². The quantitative estimate of drug-likeness (QED) is 0.0807. The van der Waals surface area contributed by atoms with E-state index in [1.54, 1.807) is 154 Å². The number of primary amides is 1. The highest BCUT2D eigenvalue weighted by Crippen LogP contribution is 2.65. The molecule has 1 saturated carbocycles. The fourth-order valence-electron chi connectivity index (χ4n) is 16.0. The van der Waals surface area contributed by atoms with Gasteiger partial charge in [0.1, 0.15) is 40.6 Å². The second-order valence-corrected chi connectivity index (χ2v) is 28.5. The lowest BCUT2D eigenvalue weighted by atomic mass is 9.71. The molecule has 1 aliphatic carbocycles. The van der Waals surface area contributed by atoms with E-state index >= 15 is 24.3 Å². The van der Waals surface area contributed by atoms with Gasteiger partial charge >= 0.3 is 11.9 Å². The smallest absolute Gasteiger partial charge is 0.356 e. The molecule has 8 aromatic carbocycles. The molecule has 2 aliphatic rings. The summed E-state index contributed by atoms with van der Waals surface area (Å²) in [6, 6.07) is 40.6. The van der Waals surface area contributed by atoms with Crippen LogP contribution >= 0.6 is 46.4 Å². The molecule has 0 radical (unpaired) electrons. The lowest BCUT2D eigenvalue weighted by Gasteiger charge is -2.53. The number of carboxylic acids is 2. The molecule has 1 fully saturated rings. The maximum absolute atomic E-state index is 17.2. The molecular weight excluding hydrogens is 1420 g/mol. The van der Waals surface area contributed by atoms with Crippen molar-refractivity contribution in [1.82, 2.24) is 18.2 Å². The fraction of sp³-hybridized carbons (Fsp3) is 0.241. The van der Waals surface area contributed by atoms with E-state index < -0.39 is 57.4 Å². The van der Waals surface area contributed by atoms with Crippen LogP contribution in [0.1, 0.15) is 142 Å². The van der Waals surface area contributed by atoms with Crippen LogP contribution in [0.4, 0.5) is 5.69 Å². The van der Waals surface area contributed by atoms with Gasteiger partial charge in [0.25, 0.3) is 17.7 Å². The lowest BCUT2D eigenvalue weighted by Crippen LogP contribution is -2.74. The summed E-state index contributed by atoms with van der Waals surface area (Å²) in [5.41, 5.74) is 10.9. The molecule has 0 saturated heterocycles. The number of benzene rings is 8. The Labute approximate surface area is 626 Å². The minimum Gasteiger partial charge on any atom is -0.543 e. The average molecular weight is 1490 g/mol. The molecule has 2 amide bonds. The van der Waals surface area contributed by atoms with Gasteiger partial charge in [-0.2, -0.15) is 4.48 Å². The first-order chi connectivity index (χ1) is 50.0. The number of carbonyl (C=O) groups excluding carboxylic acids is 6. The maximum atomic E-state index is 17.2. The van der Waals surface area contributed by atoms with Gasteiger partial charge in [0.15, 0.2) is 11.2 Å². The predicted molar refractivity (Wildman–Crippen MR) is 407 cm³/mol. The molecule has 3 unspecified atom stereocenters. The number of allylic oxidation sites excluding steroid dienone is 1. The predicted octanol–water partition coefficient (Wildman–Crippen LogP) is 16.7. The van der Waals surface area contributed by atoms with Crippen LogP contribution in [0, 0.1) is 54.4 Å². The van der Waals surface area contributed by atoms with Crippen LogP contribution in [0.3, 0.4) is 0 Å². The highest BCUT2D eigenvalue weighted by molar-refractivity contribution is 6.35. The first-order valence-electron chi connectivity index (χ1n) is 33.8. The number of hydrogen-bond acceptors (Lipinski definition) is 12. The highest BCUT2D eigenvalue weighted by Gasteiger charge is 2.70. The summed E-state index contributed by atoms with van der Waals surface area (Å²) >= 11 is 27.4. The molecule has 3 aromatic heterocycles. The van der Waals surface area contributed by atoms with Crippen molar-refractivity contribution in [3.8, 4) is 23.0 Å². The fourth-order valence-corrected chi connectivity index (χ4v) is 16.9. The van der Waals surface area contributed by atoms with Gasteiger partial charge < -0.3 is 39.7 Å². The van der Waals surface area contributed by atoms with Crippen LogP contribution in [-0.4, -0.2) is 88.7 Å². The normalized spacial score (nSPS) is 15.1. The van der Waals surface area contributed by atoms with E-state index in [2.05, 4.69) is 0 Å². The number of carbonyl (C=O) groups is 7. The minimum absolute atomic E-state index is 0.00873. The number of carboxylic acid groups (broad SMARTS) is 2. The number of nitrogens with two attached hydrogens (primary N) is 1. The Morgan fingerprint density at radius 1 is 0.514 bits per heavy atom. The first-order valence-corrected chi connectivity index (χ1v) is 35.4. The molecule has 0 bridgehead atoms. The summed E-state index contributed by atoms with van der Waals surface area (Å²) in [5, 5.41) is 30.1. The Morgan fingerprint density at radius 3 is 1.30 bits per heavy atom. The SMILES string of the molecule is COc1cc2c(CC(N)=O)c(C)n(C(=O)c3ccc(C)cc3)c2cc1Cl.COc1cc2c(cc1Cl)[N+](C(=O)c1ccc(C)cc1)(C(C(=O)[O-])(c1c(C)n(C(=O)c3ccc(C)cc3)c3cc(Cl)c(OC)cc13)C1CCCC1)C(C)=C2C(C(=O)O)c1c(C)n(C(=O)c2ccc(C)cc2)c2cc(Cl)c(OC)cc12. The van der Waals surface area contributed by atoms with Crippen molar-refractivity contribution < 1.29 is 62.7 Å². The second-order valence-electron chi connectivity index (χ2n) is 26.8. The highest BCUT2D eigenvalue weighted by atomic mass is 35.5. The number of methoxy groups -OCH3 is 4. The van der Waals surface area contributed by atoms with E-state index in [-0.39, 0.29) is 135 Å². The minimum atomic E-state index is -2.57. The number of quaternary nitrogens is 1. The number of rotatable bonds is 17. The number of ether oxygens (including phenoxy) is 4. The molecular formula is C83H75Cl4N5O13. The standard InChI is InChI=1S/C63H56Cl3N3O10.C20H19ClN2O3/c1-32-14-20-38(21-15-32)58(70)67-35(4)54(42-26-51(77-7)45(64)29-48(42)67)56(61(73)74)55-37(6)69(60(72)40-24-18-34(3)19-25-40,50-31-47(66)53(79-9)28-44(50)55)63(62(75)76,41-12-10-11-13-41)57-36(5)68(59(71)39-22-16-33(2)17-23-39)49-30-46(65)52(78-8)27-43(49)57;1-11-4-6-13(7-5-11)20(25)23-12(2)14(9-19(22)24)15-8-18(26-3)16(21)10-17(15)23/h14-31,41,56H,10-13H2,1-9H3,(H-,73,74,75,76);4-8,10H,9H2,1-3H3,(H2,22,24). The van der Waals surface area contributed by atoms with Crippen LogP contribution in [0.25, 0.3) is 38.3 Å². The zero-order valence-electron chi connectivity index (χ0n) is 59.8. The third-order valence-electron chi connectivity index (χ3n) is 20.9. The molecule has 538 valence electrons. The molecule has 22 heteroatoms. The van der Waals surface area contributed by atoms with Gasteiger partial charge in [-0.05, 0) is 158 Å². The van der Waals surface area contributed by atoms with Gasteiger partial charge in [-0.15, -0.1) is 0 Å². The van der Waals surface area contributed by atoms with Crippen LogP contribution in [0.2, 0.25) is 20.1 Å². The van der Waals surface area contributed by atoms with Crippen molar-refractivity contribution in [2.24, 2.45) is 11.7 Å². The molecule has 0 spiro atoms. The second kappa shape index (κ2) is 28.9. The zero-order valence-corrected chi connectivity index (χ0v) is 62.8. The molecule has 13 rings (SSSR count). The van der Waals surface area contributed by atoms with Crippen molar-refractivity contribution in [3.63, 3.8) is 0 Å². The molecule has 3 atom stereocenters. The van der Waals surface area contributed by atoms with Gasteiger partial charge in [0, 0.05) is 85.5 Å². The molecule has 11 aromatic rings. The number of amides is 2. The summed E-state index contributed by atoms with van der Waals surface area (Å²) in [4.78, 5) is 103. The van der Waals surface area contributed by atoms with Gasteiger partial charge in [-0.1, -0.05) is 130 Å². The Hall–Kier alpha value is -10.5. The van der Waals surface area contributed by atoms with Gasteiger partial charge in [0.2, 0.25) is 5.91 Å². The summed E-state index contributed by atoms with van der Waals surface area (Å²) in [6.07, 6.45) is 1.65. The summed E-state index contributed by atoms with van der Waals surface area (Å²) in [7, 11) is 5.74. The van der Waals surface area contributed by atoms with E-state index in [0.717, 1.165) is 27.6 Å². The number of aryl methyl sites for hydroxylation is 4. The number of halogens is 4. The topological polar surface area (TPSA) is 241 Å². The van der Waals surface area contributed by atoms with Crippen molar-refractivity contribution in [2.45, 2.75) is 99.0 Å². The number of fused-ring (bicyclic) bond motifs is 4. The van der Waals surface area contributed by atoms with E-state index in [0.29, 0.717) is 51.5 Å². The lowest BCUT2D eigenvalue weighted by molar-refractivity contribution is -0.321. The molecule has 105 heavy (non-hydrogen) atoms. The van der Waals surface area contributed by atoms with Gasteiger partial charge in [0.05, 0.1) is 82.6 Å². The van der Waals surface area contributed by atoms with Crippen LogP contribution in [0.5, 0.6) is 23.0 Å². The van der Waals surface area contributed by atoms with E-state index in [9.17, 15) is 19.5 Å². The van der Waals surface area contributed by atoms with Crippen LogP contribution in [-0.2, 0) is 26.3 Å². The van der Waals surface area contributed by atoms with Gasteiger partial charge in [-0.25, -0.2) is 4.79 Å². The van der Waals surface area contributed by atoms with E-state index in [1.165, 1.54) is 49.7 Å². The molecule has 3 N–H and O–H groups in total. The number of aromatic nitrogens is 3. The third kappa shape index (κ3) is 12.2. The van der Waals surface area contributed by atoms with Crippen molar-refractivity contribution >= 4 is 132 Å². The average Bonchev–Trinajstić information content (AvgIpc) is 1.55. The largest absolute Gasteiger partial charge is 0.543 e. The Kier molecular flexibility index (Phi) is 20.4. The third-order valence-corrected chi connectivity index (χ3v) is 22.1. The molecule has 1 aliphatic heterocycles. The summed E-state index contributed by atoms with van der Waals surface area (Å²) < 4.78 is 25.9. The Bertz CT molecular complexity index is 5490. The number of hydrogen-bond donors (Lipinski definition) is 2.